The minimum Gasteiger partial charge on any atom is -0.548 e. The van der Waals surface area contributed by atoms with Gasteiger partial charge in [0.25, 0.3) is 0 Å². The number of β-amino-alcohol motifs (C(OH)–C–C–N with tert-alkyl or cyclic N) is 1. The SMILES string of the molecule is CC1CCN(CC(O)c2ccc(F)cc2F)C(C(=O)[O-])C1.[K+]. The Bertz CT molecular complexity index is 530. The second kappa shape index (κ2) is 8.82. The maximum absolute atomic E-state index is 13.6. The second-order valence-electron chi connectivity index (χ2n) is 5.64. The van der Waals surface area contributed by atoms with Crippen molar-refractivity contribution in [3.63, 3.8) is 0 Å². The van der Waals surface area contributed by atoms with Gasteiger partial charge in [0.05, 0.1) is 12.1 Å². The summed E-state index contributed by atoms with van der Waals surface area (Å²) in [5, 5.41) is 21.3. The van der Waals surface area contributed by atoms with Crippen molar-refractivity contribution < 1.29 is 75.2 Å². The zero-order chi connectivity index (χ0) is 15.6. The average molecular weight is 337 g/mol. The van der Waals surface area contributed by atoms with Crippen LogP contribution in [-0.2, 0) is 4.79 Å². The molecule has 1 aromatic rings. The molecule has 116 valence electrons. The van der Waals surface area contributed by atoms with Crippen LogP contribution in [-0.4, -0.2) is 35.1 Å². The van der Waals surface area contributed by atoms with E-state index in [4.69, 9.17) is 0 Å². The molecular weight excluding hydrogens is 319 g/mol. The first-order valence-corrected chi connectivity index (χ1v) is 6.96. The number of carboxylic acid groups (broad SMARTS) is 1. The van der Waals surface area contributed by atoms with E-state index in [0.29, 0.717) is 19.0 Å². The van der Waals surface area contributed by atoms with Crippen molar-refractivity contribution in [1.29, 1.82) is 0 Å². The first kappa shape index (κ1) is 20.2. The second-order valence-corrected chi connectivity index (χ2v) is 5.64. The molecule has 1 fully saturated rings. The van der Waals surface area contributed by atoms with Gasteiger partial charge < -0.3 is 15.0 Å². The van der Waals surface area contributed by atoms with Crippen molar-refractivity contribution in [1.82, 2.24) is 4.90 Å². The molecule has 2 rings (SSSR count). The number of rotatable bonds is 4. The summed E-state index contributed by atoms with van der Waals surface area (Å²) >= 11 is 0. The van der Waals surface area contributed by atoms with Crippen LogP contribution in [0.1, 0.15) is 31.4 Å². The first-order valence-electron chi connectivity index (χ1n) is 6.96. The van der Waals surface area contributed by atoms with E-state index in [9.17, 15) is 23.8 Å². The molecule has 22 heavy (non-hydrogen) atoms. The van der Waals surface area contributed by atoms with E-state index in [0.717, 1.165) is 12.5 Å². The number of aliphatic carboxylic acids is 1. The first-order chi connectivity index (χ1) is 9.88. The van der Waals surface area contributed by atoms with E-state index in [1.807, 2.05) is 6.92 Å². The van der Waals surface area contributed by atoms with Crippen molar-refractivity contribution in [3.05, 3.63) is 35.4 Å². The quantitative estimate of drug-likeness (QED) is 0.637. The van der Waals surface area contributed by atoms with Crippen LogP contribution >= 0.6 is 0 Å². The molecule has 3 unspecified atom stereocenters. The molecule has 0 amide bonds. The van der Waals surface area contributed by atoms with Crippen molar-refractivity contribution in [2.24, 2.45) is 5.92 Å². The Morgan fingerprint density at radius 2 is 2.18 bits per heavy atom. The van der Waals surface area contributed by atoms with Gasteiger partial charge in [0.2, 0.25) is 0 Å². The van der Waals surface area contributed by atoms with Gasteiger partial charge in [-0.25, -0.2) is 8.78 Å². The zero-order valence-electron chi connectivity index (χ0n) is 12.8. The Hall–Kier alpha value is 0.106. The maximum atomic E-state index is 13.6. The number of hydrogen-bond acceptors (Lipinski definition) is 4. The summed E-state index contributed by atoms with van der Waals surface area (Å²) in [6.45, 7) is 2.44. The van der Waals surface area contributed by atoms with Crippen LogP contribution in [0.2, 0.25) is 0 Å². The normalized spacial score (nSPS) is 23.6. The number of carboxylic acids is 1. The van der Waals surface area contributed by atoms with Crippen LogP contribution in [0, 0.1) is 17.6 Å². The van der Waals surface area contributed by atoms with E-state index in [-0.39, 0.29) is 69.4 Å². The molecule has 4 nitrogen and oxygen atoms in total. The van der Waals surface area contributed by atoms with Gasteiger partial charge in [-0.15, -0.1) is 0 Å². The molecule has 7 heteroatoms. The minimum absolute atomic E-state index is 0. The van der Waals surface area contributed by atoms with Crippen LogP contribution in [0.15, 0.2) is 18.2 Å². The fraction of sp³-hybridized carbons (Fsp3) is 0.533. The smallest absolute Gasteiger partial charge is 0.548 e. The third-order valence-electron chi connectivity index (χ3n) is 3.98. The number of nitrogens with zero attached hydrogens (tertiary/aromatic N) is 1. The molecule has 1 aliphatic heterocycles. The summed E-state index contributed by atoms with van der Waals surface area (Å²) in [4.78, 5) is 12.8. The number of benzene rings is 1. The fourth-order valence-electron chi connectivity index (χ4n) is 2.75. The summed E-state index contributed by atoms with van der Waals surface area (Å²) in [6.07, 6.45) is 0.0458. The Balaban J connectivity index is 0.00000242. The predicted octanol–water partition coefficient (Wildman–Crippen LogP) is -2.15. The summed E-state index contributed by atoms with van der Waals surface area (Å²) in [5.74, 6) is -2.47. The number of piperidine rings is 1. The molecule has 1 heterocycles. The summed E-state index contributed by atoms with van der Waals surface area (Å²) in [6, 6.07) is 2.16. The summed E-state index contributed by atoms with van der Waals surface area (Å²) in [5.41, 5.74) is -0.0351. The van der Waals surface area contributed by atoms with E-state index < -0.39 is 29.7 Å². The molecule has 0 saturated carbocycles. The van der Waals surface area contributed by atoms with Crippen LogP contribution in [0.4, 0.5) is 8.78 Å². The van der Waals surface area contributed by atoms with Crippen LogP contribution in [0.25, 0.3) is 0 Å². The van der Waals surface area contributed by atoms with Gasteiger partial charge in [-0.3, -0.25) is 4.90 Å². The molecule has 3 atom stereocenters. The summed E-state index contributed by atoms with van der Waals surface area (Å²) in [7, 11) is 0. The van der Waals surface area contributed by atoms with Crippen LogP contribution in [0.3, 0.4) is 0 Å². The van der Waals surface area contributed by atoms with Crippen molar-refractivity contribution in [3.8, 4) is 0 Å². The molecule has 0 aromatic heterocycles. The number of carbonyl (C=O) groups excluding carboxylic acids is 1. The zero-order valence-corrected chi connectivity index (χ0v) is 15.9. The molecule has 1 saturated heterocycles. The molecular formula is C15H18F2KNO3. The standard InChI is InChI=1S/C15H19F2NO3.K/c1-9-4-5-18(13(6-9)15(20)21)8-14(19)11-3-2-10(16)7-12(11)17;/h2-3,7,9,13-14,19H,4-6,8H2,1H3,(H,20,21);/q;+1/p-1. The van der Waals surface area contributed by atoms with Crippen LogP contribution in [0.5, 0.6) is 0 Å². The molecule has 0 radical (unpaired) electrons. The Labute approximate surface area is 170 Å². The van der Waals surface area contributed by atoms with Crippen molar-refractivity contribution >= 4 is 5.97 Å². The third-order valence-corrected chi connectivity index (χ3v) is 3.98. The molecule has 0 aliphatic carbocycles. The molecule has 1 aromatic carbocycles. The predicted molar refractivity (Wildman–Crippen MR) is 70.1 cm³/mol. The largest absolute Gasteiger partial charge is 1.00 e. The average Bonchev–Trinajstić information content (AvgIpc) is 2.40. The van der Waals surface area contributed by atoms with Gasteiger partial charge in [-0.2, -0.15) is 0 Å². The van der Waals surface area contributed by atoms with Crippen molar-refractivity contribution in [2.45, 2.75) is 31.9 Å². The maximum Gasteiger partial charge on any atom is 1.00 e. The molecule has 0 bridgehead atoms. The Morgan fingerprint density at radius 3 is 2.77 bits per heavy atom. The van der Waals surface area contributed by atoms with Gasteiger partial charge in [-0.05, 0) is 31.4 Å². The Morgan fingerprint density at radius 1 is 1.50 bits per heavy atom. The van der Waals surface area contributed by atoms with E-state index in [1.165, 1.54) is 6.07 Å². The fourth-order valence-corrected chi connectivity index (χ4v) is 2.75. The number of likely N-dealkylation sites (tertiary alicyclic amines) is 1. The number of aliphatic hydroxyl groups is 1. The minimum atomic E-state index is -1.21. The van der Waals surface area contributed by atoms with E-state index in [1.54, 1.807) is 4.90 Å². The molecule has 1 aliphatic rings. The number of halogens is 2. The van der Waals surface area contributed by atoms with E-state index in [2.05, 4.69) is 0 Å². The number of aliphatic hydroxyl groups excluding tert-OH is 1. The van der Waals surface area contributed by atoms with E-state index >= 15 is 0 Å². The monoisotopic (exact) mass is 337 g/mol. The number of carbonyl (C=O) groups is 1. The van der Waals surface area contributed by atoms with Gasteiger partial charge in [0.15, 0.2) is 0 Å². The van der Waals surface area contributed by atoms with Crippen LogP contribution < -0.4 is 56.5 Å². The molecule has 0 spiro atoms. The van der Waals surface area contributed by atoms with Crippen molar-refractivity contribution in [2.75, 3.05) is 13.1 Å². The van der Waals surface area contributed by atoms with Gasteiger partial charge in [-0.1, -0.05) is 13.0 Å². The Kier molecular flexibility index (Phi) is 8.08. The summed E-state index contributed by atoms with van der Waals surface area (Å²) < 4.78 is 26.5. The van der Waals surface area contributed by atoms with Gasteiger partial charge in [0.1, 0.15) is 11.6 Å². The third kappa shape index (κ3) is 5.05. The van der Waals surface area contributed by atoms with Gasteiger partial charge >= 0.3 is 51.4 Å². The topological polar surface area (TPSA) is 63.6 Å². The number of hydrogen-bond donors (Lipinski definition) is 1. The van der Waals surface area contributed by atoms with Gasteiger partial charge in [0, 0.05) is 24.2 Å². The molecule has 1 N–H and O–H groups in total.